The third kappa shape index (κ3) is 9.10. The summed E-state index contributed by atoms with van der Waals surface area (Å²) >= 11 is 0. The van der Waals surface area contributed by atoms with Crippen LogP contribution in [0.2, 0.25) is 0 Å². The fraction of sp³-hybridized carbons (Fsp3) is 1.00. The summed E-state index contributed by atoms with van der Waals surface area (Å²) < 4.78 is 47.8. The van der Waals surface area contributed by atoms with Gasteiger partial charge in [0.25, 0.3) is 0 Å². The van der Waals surface area contributed by atoms with Crippen LogP contribution in [0.15, 0.2) is 0 Å². The fourth-order valence-electron chi connectivity index (χ4n) is 9.13. The Bertz CT molecular complexity index is 753. The average molecular weight is 593 g/mol. The smallest absolute Gasteiger partial charge is 0.393 e. The van der Waals surface area contributed by atoms with Crippen LogP contribution in [0, 0.1) is 27.6 Å². The van der Waals surface area contributed by atoms with Crippen LogP contribution in [0.1, 0.15) is 171 Å². The molecule has 41 heavy (non-hydrogen) atoms. The summed E-state index contributed by atoms with van der Waals surface area (Å²) in [5, 5.41) is 33.1. The lowest BCUT2D eigenvalue weighted by atomic mass is 9.43. The van der Waals surface area contributed by atoms with Crippen LogP contribution in [0.25, 0.3) is 0 Å². The van der Waals surface area contributed by atoms with E-state index < -0.39 is 46.1 Å². The lowest BCUT2D eigenvalue weighted by Crippen LogP contribution is -2.63. The predicted molar refractivity (Wildman–Crippen MR) is 166 cm³/mol. The number of rotatable bonds is 15. The Hall–Kier alpha value is -0.330. The summed E-state index contributed by atoms with van der Waals surface area (Å²) in [5.74, 6) is -0.696. The van der Waals surface area contributed by atoms with Crippen molar-refractivity contribution in [1.29, 1.82) is 0 Å². The molecule has 1 aliphatic rings. The molecular weight excluding hydrogens is 525 g/mol. The molecule has 246 valence electrons. The molecule has 1 rings (SSSR count). The molecule has 1 saturated carbocycles. The largest absolute Gasteiger partial charge is 0.395 e. The van der Waals surface area contributed by atoms with Gasteiger partial charge in [-0.05, 0) is 93.3 Å². The van der Waals surface area contributed by atoms with E-state index in [4.69, 9.17) is 0 Å². The van der Waals surface area contributed by atoms with E-state index in [9.17, 15) is 15.3 Å². The first-order valence-corrected chi connectivity index (χ1v) is 17.0. The SMILES string of the molecule is CCCCC(C)(CCCCC(C)(CC)C(C(C)C)(C(F)(F)F)[C@]1(C)CCC(C)(O)CCCC[C@@H](O)C1)C(O)CCC. The van der Waals surface area contributed by atoms with Gasteiger partial charge in [0, 0.05) is 0 Å². The second-order valence-corrected chi connectivity index (χ2v) is 15.3. The first-order valence-electron chi connectivity index (χ1n) is 17.0. The van der Waals surface area contributed by atoms with Crippen LogP contribution in [0.3, 0.4) is 0 Å². The summed E-state index contributed by atoms with van der Waals surface area (Å²) in [5.41, 5.74) is -5.55. The van der Waals surface area contributed by atoms with Crippen molar-refractivity contribution in [2.75, 3.05) is 0 Å². The minimum atomic E-state index is -4.48. The molecule has 7 atom stereocenters. The molecule has 5 unspecified atom stereocenters. The Balaban J connectivity index is 3.49. The maximum Gasteiger partial charge on any atom is 0.395 e. The first-order chi connectivity index (χ1) is 18.8. The van der Waals surface area contributed by atoms with Crippen molar-refractivity contribution in [2.24, 2.45) is 27.6 Å². The average Bonchev–Trinajstić information content (AvgIpc) is 2.86. The summed E-state index contributed by atoms with van der Waals surface area (Å²) in [6, 6.07) is 0. The topological polar surface area (TPSA) is 60.7 Å². The molecule has 6 heteroatoms. The number of hydrogen-bond donors (Lipinski definition) is 3. The normalized spacial score (nSPS) is 30.3. The zero-order valence-electron chi connectivity index (χ0n) is 28.2. The molecule has 0 bridgehead atoms. The molecule has 1 fully saturated rings. The molecule has 1 aliphatic carbocycles. The van der Waals surface area contributed by atoms with Crippen molar-refractivity contribution < 1.29 is 28.5 Å². The second-order valence-electron chi connectivity index (χ2n) is 15.3. The van der Waals surface area contributed by atoms with Crippen LogP contribution < -0.4 is 0 Å². The van der Waals surface area contributed by atoms with Crippen LogP contribution in [0.4, 0.5) is 13.2 Å². The maximum atomic E-state index is 15.9. The highest BCUT2D eigenvalue weighted by atomic mass is 19.4. The number of aliphatic hydroxyl groups is 3. The molecule has 0 aromatic carbocycles. The minimum absolute atomic E-state index is 0.0919. The number of hydrogen-bond acceptors (Lipinski definition) is 3. The quantitative estimate of drug-likeness (QED) is 0.166. The zero-order chi connectivity index (χ0) is 31.8. The van der Waals surface area contributed by atoms with E-state index in [1.165, 1.54) is 0 Å². The highest BCUT2D eigenvalue weighted by molar-refractivity contribution is 5.11. The zero-order valence-corrected chi connectivity index (χ0v) is 28.2. The standard InChI is InChI=1S/C35H67F3O3/c1-10-13-20-30(6,29(40)18-11-2)21-16-17-22-31(7,12-3)34(27(4)5,35(36,37)38)32(8)24-25-33(9,41)23-15-14-19-28(39)26-32/h27-29,39-41H,10-26H2,1-9H3/t28-,29?,30?,31?,32-,33?,34?/m1/s1. The number of halogens is 3. The van der Waals surface area contributed by atoms with E-state index in [-0.39, 0.29) is 18.3 Å². The van der Waals surface area contributed by atoms with E-state index in [1.807, 2.05) is 13.8 Å². The van der Waals surface area contributed by atoms with Crippen LogP contribution in [-0.2, 0) is 0 Å². The van der Waals surface area contributed by atoms with Gasteiger partial charge in [-0.3, -0.25) is 0 Å². The molecule has 0 radical (unpaired) electrons. The Kier molecular flexibility index (Phi) is 14.7. The van der Waals surface area contributed by atoms with Gasteiger partial charge in [-0.2, -0.15) is 13.2 Å². The van der Waals surface area contributed by atoms with Gasteiger partial charge in [0.05, 0.1) is 23.2 Å². The highest BCUT2D eigenvalue weighted by Crippen LogP contribution is 2.70. The van der Waals surface area contributed by atoms with Gasteiger partial charge in [-0.15, -0.1) is 0 Å². The van der Waals surface area contributed by atoms with Crippen molar-refractivity contribution in [3.63, 3.8) is 0 Å². The van der Waals surface area contributed by atoms with Crippen molar-refractivity contribution in [3.05, 3.63) is 0 Å². The number of unbranched alkanes of at least 4 members (excludes halogenated alkanes) is 2. The Labute approximate surface area is 251 Å². The van der Waals surface area contributed by atoms with Crippen molar-refractivity contribution >= 4 is 0 Å². The monoisotopic (exact) mass is 593 g/mol. The Morgan fingerprint density at radius 2 is 1.44 bits per heavy atom. The van der Waals surface area contributed by atoms with Crippen LogP contribution in [0.5, 0.6) is 0 Å². The van der Waals surface area contributed by atoms with Gasteiger partial charge < -0.3 is 15.3 Å². The summed E-state index contributed by atoms with van der Waals surface area (Å²) in [4.78, 5) is 0. The van der Waals surface area contributed by atoms with E-state index in [0.29, 0.717) is 44.9 Å². The van der Waals surface area contributed by atoms with Gasteiger partial charge in [-0.1, -0.05) is 100 Å². The lowest BCUT2D eigenvalue weighted by Gasteiger charge is -2.62. The predicted octanol–water partition coefficient (Wildman–Crippen LogP) is 10.4. The van der Waals surface area contributed by atoms with Gasteiger partial charge in [0.15, 0.2) is 0 Å². The Morgan fingerprint density at radius 3 is 1.95 bits per heavy atom. The summed E-state index contributed by atoms with van der Waals surface area (Å²) in [7, 11) is 0. The van der Waals surface area contributed by atoms with Crippen molar-refractivity contribution in [3.8, 4) is 0 Å². The molecule has 0 amide bonds. The minimum Gasteiger partial charge on any atom is -0.393 e. The molecule has 3 nitrogen and oxygen atoms in total. The molecule has 0 aliphatic heterocycles. The van der Waals surface area contributed by atoms with Gasteiger partial charge >= 0.3 is 6.18 Å². The molecule has 0 aromatic heterocycles. The summed E-state index contributed by atoms with van der Waals surface area (Å²) in [6.45, 7) is 17.1. The highest BCUT2D eigenvalue weighted by Gasteiger charge is 2.72. The number of aliphatic hydroxyl groups excluding tert-OH is 2. The van der Waals surface area contributed by atoms with E-state index in [1.54, 1.807) is 27.7 Å². The third-order valence-corrected chi connectivity index (χ3v) is 11.6. The first kappa shape index (κ1) is 38.7. The molecule has 0 saturated heterocycles. The second kappa shape index (κ2) is 15.6. The van der Waals surface area contributed by atoms with E-state index in [0.717, 1.165) is 51.4 Å². The lowest BCUT2D eigenvalue weighted by molar-refractivity contribution is -0.333. The maximum absolute atomic E-state index is 15.9. The third-order valence-electron chi connectivity index (χ3n) is 11.6. The number of alkyl halides is 3. The molecular formula is C35H67F3O3. The molecule has 0 heterocycles. The van der Waals surface area contributed by atoms with Gasteiger partial charge in [0.1, 0.15) is 0 Å². The molecule has 0 aromatic rings. The van der Waals surface area contributed by atoms with Crippen LogP contribution >= 0.6 is 0 Å². The molecule has 3 N–H and O–H groups in total. The van der Waals surface area contributed by atoms with E-state index in [2.05, 4.69) is 20.8 Å². The van der Waals surface area contributed by atoms with Gasteiger partial charge in [-0.25, -0.2) is 0 Å². The Morgan fingerprint density at radius 1 is 0.854 bits per heavy atom. The van der Waals surface area contributed by atoms with Gasteiger partial charge in [0.2, 0.25) is 0 Å². The fourth-order valence-corrected chi connectivity index (χ4v) is 9.13. The summed E-state index contributed by atoms with van der Waals surface area (Å²) in [6.07, 6.45) is 5.24. The molecule has 0 spiro atoms. The van der Waals surface area contributed by atoms with E-state index >= 15 is 13.2 Å². The van der Waals surface area contributed by atoms with Crippen molar-refractivity contribution in [2.45, 2.75) is 195 Å². The van der Waals surface area contributed by atoms with Crippen molar-refractivity contribution in [1.82, 2.24) is 0 Å². The van der Waals surface area contributed by atoms with Crippen LogP contribution in [-0.4, -0.2) is 39.3 Å².